The van der Waals surface area contributed by atoms with Gasteiger partial charge in [-0.25, -0.2) is 0 Å². The van der Waals surface area contributed by atoms with Gasteiger partial charge in [-0.3, -0.25) is 0 Å². The average Bonchev–Trinajstić information content (AvgIpc) is 2.46. The number of aryl methyl sites for hydroxylation is 1. The van der Waals surface area contributed by atoms with Crippen LogP contribution in [0.25, 0.3) is 0 Å². The maximum absolute atomic E-state index is 5.57. The summed E-state index contributed by atoms with van der Waals surface area (Å²) in [5, 5.41) is 0. The van der Waals surface area contributed by atoms with Crippen molar-refractivity contribution in [2.45, 2.75) is 25.4 Å². The van der Waals surface area contributed by atoms with E-state index in [0.29, 0.717) is 0 Å². The molecule has 1 nitrogen and oxygen atoms in total. The number of hydrogen-bond donors (Lipinski definition) is 0. The van der Waals surface area contributed by atoms with Gasteiger partial charge in [-0.05, 0) is 30.4 Å². The highest BCUT2D eigenvalue weighted by Crippen LogP contribution is 2.22. The molecular weight excluding hydrogens is 219 g/mol. The van der Waals surface area contributed by atoms with E-state index in [0.717, 1.165) is 19.3 Å². The third-order valence-corrected chi connectivity index (χ3v) is 3.23. The highest BCUT2D eigenvalue weighted by atomic mass is 16.4. The second kappa shape index (κ2) is 7.02. The molecule has 0 aliphatic rings. The summed E-state index contributed by atoms with van der Waals surface area (Å²) < 4.78 is 5.57. The van der Waals surface area contributed by atoms with Crippen LogP contribution in [0.2, 0.25) is 0 Å². The molecule has 0 aliphatic carbocycles. The zero-order chi connectivity index (χ0) is 12.6. The first-order valence-corrected chi connectivity index (χ1v) is 6.52. The van der Waals surface area contributed by atoms with Gasteiger partial charge in [-0.1, -0.05) is 60.7 Å². The molecule has 0 heterocycles. The van der Waals surface area contributed by atoms with Crippen molar-refractivity contribution in [1.29, 1.82) is 0 Å². The Labute approximate surface area is 110 Å². The molecule has 0 saturated carbocycles. The molecule has 18 heavy (non-hydrogen) atoms. The van der Waals surface area contributed by atoms with E-state index in [1.807, 2.05) is 6.07 Å². The van der Waals surface area contributed by atoms with Gasteiger partial charge in [0.25, 0.3) is 8.05 Å². The fourth-order valence-electron chi connectivity index (χ4n) is 2.22. The average molecular weight is 238 g/mol. The van der Waals surface area contributed by atoms with Gasteiger partial charge < -0.3 is 4.65 Å². The fraction of sp³-hybridized carbons (Fsp3) is 0.250. The molecule has 1 atom stereocenters. The molecule has 0 fully saturated rings. The van der Waals surface area contributed by atoms with E-state index in [1.54, 1.807) is 8.05 Å². The van der Waals surface area contributed by atoms with Gasteiger partial charge in [-0.15, -0.1) is 0 Å². The lowest BCUT2D eigenvalue weighted by atomic mass is 10.0. The Morgan fingerprint density at radius 1 is 0.889 bits per heavy atom. The molecule has 0 aromatic heterocycles. The van der Waals surface area contributed by atoms with Gasteiger partial charge in [0.2, 0.25) is 0 Å². The number of rotatable bonds is 6. The van der Waals surface area contributed by atoms with Crippen molar-refractivity contribution in [3.63, 3.8) is 0 Å². The van der Waals surface area contributed by atoms with Crippen LogP contribution in [0.1, 0.15) is 30.1 Å². The Balaban J connectivity index is 1.85. The van der Waals surface area contributed by atoms with E-state index in [9.17, 15) is 0 Å². The Bertz CT molecular complexity index is 441. The van der Waals surface area contributed by atoms with Crippen LogP contribution in [0, 0.1) is 0 Å². The van der Waals surface area contributed by atoms with E-state index in [-0.39, 0.29) is 6.10 Å². The summed E-state index contributed by atoms with van der Waals surface area (Å²) in [4.78, 5) is 0. The quantitative estimate of drug-likeness (QED) is 0.701. The van der Waals surface area contributed by atoms with Crippen LogP contribution in [-0.2, 0) is 11.1 Å². The molecule has 2 aromatic carbocycles. The molecule has 0 radical (unpaired) electrons. The van der Waals surface area contributed by atoms with Crippen LogP contribution >= 0.6 is 0 Å². The van der Waals surface area contributed by atoms with Crippen LogP contribution in [-0.4, -0.2) is 8.05 Å². The molecule has 0 N–H and O–H groups in total. The largest absolute Gasteiger partial charge is 0.437 e. The zero-order valence-corrected chi connectivity index (χ0v) is 10.9. The summed E-state index contributed by atoms with van der Waals surface area (Å²) in [6.07, 6.45) is 3.55. The highest BCUT2D eigenvalue weighted by molar-refractivity contribution is 5.98. The van der Waals surface area contributed by atoms with Crippen molar-refractivity contribution in [3.8, 4) is 0 Å². The molecule has 0 bridgehead atoms. The van der Waals surface area contributed by atoms with Crippen LogP contribution in [0.5, 0.6) is 0 Å². The Kier molecular flexibility index (Phi) is 5.04. The standard InChI is InChI=1S/C16H19BO/c17-18-16(15-11-5-2-6-12-15)13-7-10-14-8-3-1-4-9-14/h1-6,8-9,11-12,16H,7,10,13,17H2. The molecule has 0 aliphatic heterocycles. The first kappa shape index (κ1) is 12.9. The summed E-state index contributed by atoms with van der Waals surface area (Å²) in [5.41, 5.74) is 2.67. The first-order valence-electron chi connectivity index (χ1n) is 6.52. The molecule has 0 saturated heterocycles. The van der Waals surface area contributed by atoms with E-state index in [4.69, 9.17) is 4.65 Å². The van der Waals surface area contributed by atoms with Gasteiger partial charge in [0.05, 0.1) is 6.10 Å². The van der Waals surface area contributed by atoms with Crippen LogP contribution < -0.4 is 0 Å². The lowest BCUT2D eigenvalue weighted by Gasteiger charge is -2.16. The predicted octanol–water partition coefficient (Wildman–Crippen LogP) is 3.32. The summed E-state index contributed by atoms with van der Waals surface area (Å²) in [6.45, 7) is 0. The lowest BCUT2D eigenvalue weighted by Crippen LogP contribution is -2.02. The van der Waals surface area contributed by atoms with Crippen molar-refractivity contribution in [2.24, 2.45) is 0 Å². The maximum atomic E-state index is 5.57. The van der Waals surface area contributed by atoms with Crippen molar-refractivity contribution < 1.29 is 4.65 Å². The van der Waals surface area contributed by atoms with Crippen LogP contribution in [0.3, 0.4) is 0 Å². The Morgan fingerprint density at radius 3 is 2.11 bits per heavy atom. The monoisotopic (exact) mass is 238 g/mol. The van der Waals surface area contributed by atoms with E-state index in [2.05, 4.69) is 54.6 Å². The fourth-order valence-corrected chi connectivity index (χ4v) is 2.22. The molecular formula is C16H19BO. The minimum Gasteiger partial charge on any atom is -0.437 e. The number of hydrogen-bond acceptors (Lipinski definition) is 1. The van der Waals surface area contributed by atoms with Gasteiger partial charge in [0.1, 0.15) is 0 Å². The number of benzene rings is 2. The van der Waals surface area contributed by atoms with Gasteiger partial charge >= 0.3 is 0 Å². The SMILES string of the molecule is BOC(CCCc1ccccc1)c1ccccc1. The first-order chi connectivity index (χ1) is 8.90. The normalized spacial score (nSPS) is 12.2. The second-order valence-corrected chi connectivity index (χ2v) is 4.51. The molecule has 0 amide bonds. The molecule has 2 heteroatoms. The van der Waals surface area contributed by atoms with Gasteiger partial charge in [0.15, 0.2) is 0 Å². The summed E-state index contributed by atoms with van der Waals surface area (Å²) in [7, 11) is 1.79. The minimum absolute atomic E-state index is 0.218. The van der Waals surface area contributed by atoms with Crippen LogP contribution in [0.15, 0.2) is 60.7 Å². The lowest BCUT2D eigenvalue weighted by molar-refractivity contribution is 0.211. The van der Waals surface area contributed by atoms with E-state index in [1.165, 1.54) is 11.1 Å². The zero-order valence-electron chi connectivity index (χ0n) is 10.9. The summed E-state index contributed by atoms with van der Waals surface area (Å²) >= 11 is 0. The van der Waals surface area contributed by atoms with Gasteiger partial charge in [-0.2, -0.15) is 0 Å². The maximum Gasteiger partial charge on any atom is 0.258 e. The summed E-state index contributed by atoms with van der Waals surface area (Å²) in [5.74, 6) is 0. The molecule has 92 valence electrons. The van der Waals surface area contributed by atoms with Crippen molar-refractivity contribution in [3.05, 3.63) is 71.8 Å². The molecule has 1 unspecified atom stereocenters. The second-order valence-electron chi connectivity index (χ2n) is 4.51. The molecule has 2 aromatic rings. The summed E-state index contributed by atoms with van der Waals surface area (Å²) in [6, 6.07) is 21.1. The van der Waals surface area contributed by atoms with Crippen molar-refractivity contribution in [2.75, 3.05) is 0 Å². The van der Waals surface area contributed by atoms with E-state index >= 15 is 0 Å². The highest BCUT2D eigenvalue weighted by Gasteiger charge is 2.08. The molecule has 0 spiro atoms. The molecule has 2 rings (SSSR count). The van der Waals surface area contributed by atoms with Crippen molar-refractivity contribution in [1.82, 2.24) is 0 Å². The van der Waals surface area contributed by atoms with Gasteiger partial charge in [0, 0.05) is 0 Å². The third-order valence-electron chi connectivity index (χ3n) is 3.23. The Hall–Kier alpha value is -1.54. The van der Waals surface area contributed by atoms with Crippen LogP contribution in [0.4, 0.5) is 0 Å². The predicted molar refractivity (Wildman–Crippen MR) is 78.2 cm³/mol. The minimum atomic E-state index is 0.218. The smallest absolute Gasteiger partial charge is 0.258 e. The van der Waals surface area contributed by atoms with Crippen molar-refractivity contribution >= 4 is 8.05 Å². The topological polar surface area (TPSA) is 9.23 Å². The Morgan fingerprint density at radius 2 is 1.50 bits per heavy atom. The third kappa shape index (κ3) is 3.74. The van der Waals surface area contributed by atoms with E-state index < -0.39 is 0 Å².